The van der Waals surface area contributed by atoms with Crippen molar-refractivity contribution < 1.29 is 19.2 Å². The Morgan fingerprint density at radius 3 is 2.73 bits per heavy atom. The zero-order valence-corrected chi connectivity index (χ0v) is 17.3. The van der Waals surface area contributed by atoms with Gasteiger partial charge in [-0.2, -0.15) is 0 Å². The van der Waals surface area contributed by atoms with Crippen molar-refractivity contribution in [1.29, 1.82) is 0 Å². The molecule has 3 aromatic rings. The van der Waals surface area contributed by atoms with Gasteiger partial charge in [0.05, 0.1) is 18.1 Å². The minimum absolute atomic E-state index is 0.0284. The number of non-ortho nitro benzene ring substituents is 1. The summed E-state index contributed by atoms with van der Waals surface area (Å²) in [5, 5.41) is 11.7. The van der Waals surface area contributed by atoms with Gasteiger partial charge in [-0.05, 0) is 23.8 Å². The third-order valence-corrected chi connectivity index (χ3v) is 5.57. The van der Waals surface area contributed by atoms with Crippen LogP contribution in [0.2, 0.25) is 0 Å². The third kappa shape index (κ3) is 4.10. The van der Waals surface area contributed by atoms with Gasteiger partial charge in [0.1, 0.15) is 11.3 Å². The minimum atomic E-state index is -0.538. The van der Waals surface area contributed by atoms with E-state index in [2.05, 4.69) is 25.9 Å². The molecule has 1 saturated heterocycles. The van der Waals surface area contributed by atoms with Crippen LogP contribution in [0.1, 0.15) is 26.4 Å². The molecule has 0 bridgehead atoms. The van der Waals surface area contributed by atoms with E-state index in [1.54, 1.807) is 23.2 Å². The van der Waals surface area contributed by atoms with Crippen LogP contribution in [0.15, 0.2) is 41.0 Å². The predicted octanol–water partition coefficient (Wildman–Crippen LogP) is 3.13. The molecular weight excluding hydrogens is 456 g/mol. The van der Waals surface area contributed by atoms with E-state index in [0.717, 1.165) is 5.39 Å². The standard InChI is InChI=1S/C20H17BrN4O5/c21-16-2-1-14(25(28)29)10-15(16)18(26)8-12-7-13-9-17(23-19(13)22-11-12)20(27)24-3-5-30-6-4-24/h1-2,7,9-11H,3-6,8H2,(H,22,23). The van der Waals surface area contributed by atoms with Crippen LogP contribution in [-0.2, 0) is 11.2 Å². The summed E-state index contributed by atoms with van der Waals surface area (Å²) in [4.78, 5) is 44.9. The number of aromatic amines is 1. The van der Waals surface area contributed by atoms with Gasteiger partial charge in [-0.1, -0.05) is 15.9 Å². The second kappa shape index (κ2) is 8.33. The number of nitro groups is 1. The first-order valence-electron chi connectivity index (χ1n) is 9.24. The highest BCUT2D eigenvalue weighted by Crippen LogP contribution is 2.25. The average molecular weight is 473 g/mol. The number of amides is 1. The van der Waals surface area contributed by atoms with Crippen LogP contribution in [-0.4, -0.2) is 57.8 Å². The fraction of sp³-hybridized carbons (Fsp3) is 0.250. The van der Waals surface area contributed by atoms with Crippen molar-refractivity contribution in [3.8, 4) is 0 Å². The number of H-pyrrole nitrogens is 1. The van der Waals surface area contributed by atoms with E-state index in [4.69, 9.17) is 4.74 Å². The molecule has 1 aromatic carbocycles. The number of benzene rings is 1. The summed E-state index contributed by atoms with van der Waals surface area (Å²) >= 11 is 3.28. The SMILES string of the molecule is O=C(Cc1cnc2[nH]c(C(=O)N3CCOCC3)cc2c1)c1cc([N+](=O)[O-])ccc1Br. The van der Waals surface area contributed by atoms with Crippen molar-refractivity contribution in [3.05, 3.63) is 67.9 Å². The molecule has 2 aromatic heterocycles. The number of nitrogens with zero attached hydrogens (tertiary/aromatic N) is 3. The Morgan fingerprint density at radius 1 is 1.23 bits per heavy atom. The van der Waals surface area contributed by atoms with Crippen molar-refractivity contribution in [3.63, 3.8) is 0 Å². The van der Waals surface area contributed by atoms with Gasteiger partial charge in [0.2, 0.25) is 0 Å². The zero-order valence-electron chi connectivity index (χ0n) is 15.8. The summed E-state index contributed by atoms with van der Waals surface area (Å²) in [6.45, 7) is 2.12. The molecule has 0 radical (unpaired) electrons. The fourth-order valence-corrected chi connectivity index (χ4v) is 3.80. The topological polar surface area (TPSA) is 118 Å². The normalized spacial score (nSPS) is 14.1. The van der Waals surface area contributed by atoms with Crippen LogP contribution in [0.3, 0.4) is 0 Å². The van der Waals surface area contributed by atoms with E-state index in [1.807, 2.05) is 0 Å². The van der Waals surface area contributed by atoms with Crippen molar-refractivity contribution in [2.75, 3.05) is 26.3 Å². The van der Waals surface area contributed by atoms with Gasteiger partial charge in [-0.25, -0.2) is 4.98 Å². The number of carbonyl (C=O) groups is 2. The first-order valence-corrected chi connectivity index (χ1v) is 10.0. The first kappa shape index (κ1) is 20.2. The first-order chi connectivity index (χ1) is 14.4. The number of morpholine rings is 1. The van der Waals surface area contributed by atoms with Gasteiger partial charge < -0.3 is 14.6 Å². The van der Waals surface area contributed by atoms with Crippen molar-refractivity contribution in [2.45, 2.75) is 6.42 Å². The minimum Gasteiger partial charge on any atom is -0.378 e. The molecule has 3 heterocycles. The number of ether oxygens (including phenoxy) is 1. The molecule has 0 unspecified atom stereocenters. The Balaban J connectivity index is 1.55. The molecule has 154 valence electrons. The maximum atomic E-state index is 12.7. The number of pyridine rings is 1. The van der Waals surface area contributed by atoms with Crippen molar-refractivity contribution in [2.24, 2.45) is 0 Å². The van der Waals surface area contributed by atoms with Gasteiger partial charge >= 0.3 is 0 Å². The monoisotopic (exact) mass is 472 g/mol. The number of ketones is 1. The maximum absolute atomic E-state index is 12.7. The van der Waals surface area contributed by atoms with Crippen molar-refractivity contribution in [1.82, 2.24) is 14.9 Å². The molecule has 0 spiro atoms. The highest BCUT2D eigenvalue weighted by molar-refractivity contribution is 9.10. The highest BCUT2D eigenvalue weighted by atomic mass is 79.9. The van der Waals surface area contributed by atoms with Gasteiger partial charge in [-0.15, -0.1) is 0 Å². The van der Waals surface area contributed by atoms with E-state index in [0.29, 0.717) is 47.7 Å². The number of nitrogens with one attached hydrogen (secondary N) is 1. The second-order valence-corrected chi connectivity index (χ2v) is 7.74. The van der Waals surface area contributed by atoms with E-state index >= 15 is 0 Å². The molecule has 30 heavy (non-hydrogen) atoms. The molecule has 1 fully saturated rings. The maximum Gasteiger partial charge on any atom is 0.270 e. The van der Waals surface area contributed by atoms with Gasteiger partial charge in [0.25, 0.3) is 11.6 Å². The average Bonchev–Trinajstić information content (AvgIpc) is 3.17. The summed E-state index contributed by atoms with van der Waals surface area (Å²) in [5.74, 6) is -0.388. The summed E-state index contributed by atoms with van der Waals surface area (Å²) in [6, 6.07) is 7.59. The van der Waals surface area contributed by atoms with Crippen LogP contribution in [0.5, 0.6) is 0 Å². The number of aromatic nitrogens is 2. The van der Waals surface area contributed by atoms with Crippen LogP contribution in [0.4, 0.5) is 5.69 Å². The summed E-state index contributed by atoms with van der Waals surface area (Å²) in [5.41, 5.74) is 1.73. The number of carbonyl (C=O) groups excluding carboxylic acids is 2. The van der Waals surface area contributed by atoms with Crippen LogP contribution in [0, 0.1) is 10.1 Å². The summed E-state index contributed by atoms with van der Waals surface area (Å²) in [6.07, 6.45) is 1.59. The highest BCUT2D eigenvalue weighted by Gasteiger charge is 2.21. The predicted molar refractivity (Wildman–Crippen MR) is 112 cm³/mol. The largest absolute Gasteiger partial charge is 0.378 e. The van der Waals surface area contributed by atoms with Crippen LogP contribution in [0.25, 0.3) is 11.0 Å². The Hall–Kier alpha value is -3.11. The molecule has 9 nitrogen and oxygen atoms in total. The number of nitro benzene ring substituents is 1. The molecule has 0 saturated carbocycles. The number of hydrogen-bond donors (Lipinski definition) is 1. The second-order valence-electron chi connectivity index (χ2n) is 6.89. The number of halogens is 1. The summed E-state index contributed by atoms with van der Waals surface area (Å²) < 4.78 is 5.77. The van der Waals surface area contributed by atoms with Crippen LogP contribution < -0.4 is 0 Å². The molecule has 1 aliphatic heterocycles. The van der Waals surface area contributed by atoms with Crippen LogP contribution >= 0.6 is 15.9 Å². The smallest absolute Gasteiger partial charge is 0.270 e. The number of rotatable bonds is 5. The Morgan fingerprint density at radius 2 is 2.00 bits per heavy atom. The quantitative estimate of drug-likeness (QED) is 0.346. The lowest BCUT2D eigenvalue weighted by molar-refractivity contribution is -0.384. The molecule has 1 amide bonds. The lowest BCUT2D eigenvalue weighted by atomic mass is 10.0. The van der Waals surface area contributed by atoms with E-state index in [1.165, 1.54) is 18.2 Å². The molecule has 0 atom stereocenters. The number of Topliss-reactive ketones (excluding diaryl/α,β-unsaturated/α-hetero) is 1. The molecular formula is C20H17BrN4O5. The lowest BCUT2D eigenvalue weighted by Gasteiger charge is -2.26. The molecule has 1 N–H and O–H groups in total. The molecule has 10 heteroatoms. The van der Waals surface area contributed by atoms with E-state index < -0.39 is 4.92 Å². The zero-order chi connectivity index (χ0) is 21.3. The van der Waals surface area contributed by atoms with Crippen molar-refractivity contribution >= 4 is 44.3 Å². The lowest BCUT2D eigenvalue weighted by Crippen LogP contribution is -2.40. The van der Waals surface area contributed by atoms with Gasteiger partial charge in [0, 0.05) is 53.3 Å². The Labute approximate surface area is 179 Å². The Bertz CT molecular complexity index is 1150. The molecule has 1 aliphatic rings. The van der Waals surface area contributed by atoms with Gasteiger partial charge in [0.15, 0.2) is 5.78 Å². The fourth-order valence-electron chi connectivity index (χ4n) is 3.33. The number of hydrogen-bond acceptors (Lipinski definition) is 6. The Kier molecular flexibility index (Phi) is 5.60. The van der Waals surface area contributed by atoms with Gasteiger partial charge in [-0.3, -0.25) is 19.7 Å². The molecule has 0 aliphatic carbocycles. The van der Waals surface area contributed by atoms with E-state index in [-0.39, 0.29) is 29.4 Å². The molecule has 4 rings (SSSR count). The van der Waals surface area contributed by atoms with E-state index in [9.17, 15) is 19.7 Å². The number of fused-ring (bicyclic) bond motifs is 1. The summed E-state index contributed by atoms with van der Waals surface area (Å²) in [7, 11) is 0. The third-order valence-electron chi connectivity index (χ3n) is 4.88.